The minimum atomic E-state index is -3.46. The first kappa shape index (κ1) is 18.6. The third kappa shape index (κ3) is 3.66. The molecule has 0 radical (unpaired) electrons. The molecule has 146 valence electrons. The van der Waals surface area contributed by atoms with Crippen LogP contribution in [0.15, 0.2) is 27.6 Å². The quantitative estimate of drug-likeness (QED) is 0.781. The van der Waals surface area contributed by atoms with E-state index >= 15 is 0 Å². The van der Waals surface area contributed by atoms with Gasteiger partial charge < -0.3 is 4.52 Å². The fraction of sp³-hybridized carbons (Fsp3) is 0.579. The summed E-state index contributed by atoms with van der Waals surface area (Å²) in [5.41, 5.74) is 2.09. The molecule has 0 N–H and O–H groups in total. The van der Waals surface area contributed by atoms with E-state index in [2.05, 4.69) is 15.0 Å². The first-order chi connectivity index (χ1) is 12.9. The van der Waals surface area contributed by atoms with Crippen LogP contribution in [0.2, 0.25) is 0 Å². The molecule has 2 aliphatic rings. The van der Waals surface area contributed by atoms with E-state index in [1.165, 1.54) is 0 Å². The number of benzene rings is 1. The first-order valence-corrected chi connectivity index (χ1v) is 10.9. The Labute approximate surface area is 160 Å². The van der Waals surface area contributed by atoms with Crippen molar-refractivity contribution in [3.05, 3.63) is 41.0 Å². The number of piperazine rings is 1. The number of hydrogen-bond donors (Lipinski definition) is 0. The molecular formula is C19H26N4O3S. The van der Waals surface area contributed by atoms with Crippen molar-refractivity contribution in [2.75, 3.05) is 26.2 Å². The van der Waals surface area contributed by atoms with E-state index in [1.54, 1.807) is 16.4 Å². The average Bonchev–Trinajstić information content (AvgIpc) is 3.40. The van der Waals surface area contributed by atoms with Crippen LogP contribution >= 0.6 is 0 Å². The van der Waals surface area contributed by atoms with Crippen molar-refractivity contribution in [1.82, 2.24) is 19.3 Å². The molecule has 0 amide bonds. The summed E-state index contributed by atoms with van der Waals surface area (Å²) in [6.07, 6.45) is 2.28. The Bertz CT molecular complexity index is 928. The number of rotatable bonds is 5. The van der Waals surface area contributed by atoms with Gasteiger partial charge in [0.1, 0.15) is 0 Å². The van der Waals surface area contributed by atoms with Crippen LogP contribution in [0.25, 0.3) is 0 Å². The van der Waals surface area contributed by atoms with E-state index in [-0.39, 0.29) is 6.04 Å². The zero-order chi connectivity index (χ0) is 19.2. The van der Waals surface area contributed by atoms with Crippen molar-refractivity contribution in [2.45, 2.75) is 50.5 Å². The van der Waals surface area contributed by atoms with Gasteiger partial charge in [0.2, 0.25) is 15.9 Å². The molecule has 1 saturated carbocycles. The van der Waals surface area contributed by atoms with E-state index in [1.807, 2.05) is 26.8 Å². The summed E-state index contributed by atoms with van der Waals surface area (Å²) in [7, 11) is -3.46. The molecule has 1 saturated heterocycles. The Kier molecular flexibility index (Phi) is 4.82. The summed E-state index contributed by atoms with van der Waals surface area (Å²) in [4.78, 5) is 7.11. The molecule has 8 heteroatoms. The van der Waals surface area contributed by atoms with Crippen LogP contribution in [0, 0.1) is 13.8 Å². The maximum atomic E-state index is 12.9. The van der Waals surface area contributed by atoms with Crippen LogP contribution in [0.1, 0.15) is 54.6 Å². The molecule has 0 bridgehead atoms. The van der Waals surface area contributed by atoms with E-state index in [0.717, 1.165) is 29.8 Å². The van der Waals surface area contributed by atoms with Crippen LogP contribution < -0.4 is 0 Å². The summed E-state index contributed by atoms with van der Waals surface area (Å²) < 4.78 is 32.9. The maximum Gasteiger partial charge on any atom is 0.243 e. The van der Waals surface area contributed by atoms with E-state index in [4.69, 9.17) is 4.52 Å². The van der Waals surface area contributed by atoms with Gasteiger partial charge in [-0.15, -0.1) is 0 Å². The lowest BCUT2D eigenvalue weighted by Crippen LogP contribution is -2.49. The topological polar surface area (TPSA) is 79.5 Å². The lowest BCUT2D eigenvalue weighted by molar-refractivity contribution is 0.124. The fourth-order valence-electron chi connectivity index (χ4n) is 3.44. The predicted octanol–water partition coefficient (Wildman–Crippen LogP) is 2.63. The zero-order valence-electron chi connectivity index (χ0n) is 16.1. The molecule has 1 aliphatic carbocycles. The second kappa shape index (κ2) is 7.00. The van der Waals surface area contributed by atoms with Crippen molar-refractivity contribution < 1.29 is 12.9 Å². The van der Waals surface area contributed by atoms with Crippen molar-refractivity contribution >= 4 is 10.0 Å². The molecular weight excluding hydrogens is 364 g/mol. The van der Waals surface area contributed by atoms with Gasteiger partial charge in [-0.25, -0.2) is 8.42 Å². The molecule has 2 aromatic rings. The monoisotopic (exact) mass is 390 g/mol. The van der Waals surface area contributed by atoms with Gasteiger partial charge in [0, 0.05) is 32.1 Å². The van der Waals surface area contributed by atoms with Gasteiger partial charge in [-0.2, -0.15) is 9.29 Å². The highest BCUT2D eigenvalue weighted by atomic mass is 32.2. The smallest absolute Gasteiger partial charge is 0.243 e. The lowest BCUT2D eigenvalue weighted by Gasteiger charge is -2.36. The molecule has 7 nitrogen and oxygen atoms in total. The second-order valence-electron chi connectivity index (χ2n) is 7.63. The predicted molar refractivity (Wildman–Crippen MR) is 101 cm³/mol. The van der Waals surface area contributed by atoms with Gasteiger partial charge in [0.25, 0.3) is 0 Å². The molecule has 0 spiro atoms. The first-order valence-electron chi connectivity index (χ1n) is 9.51. The third-order valence-corrected chi connectivity index (χ3v) is 7.59. The van der Waals surface area contributed by atoms with Gasteiger partial charge in [0.15, 0.2) is 5.82 Å². The normalized spacial score (nSPS) is 20.7. The van der Waals surface area contributed by atoms with Gasteiger partial charge >= 0.3 is 0 Å². The molecule has 1 aromatic heterocycles. The molecule has 1 aromatic carbocycles. The minimum Gasteiger partial charge on any atom is -0.338 e. The zero-order valence-corrected chi connectivity index (χ0v) is 16.9. The van der Waals surface area contributed by atoms with Crippen molar-refractivity contribution in [3.63, 3.8) is 0 Å². The van der Waals surface area contributed by atoms with Crippen LogP contribution in [0.3, 0.4) is 0 Å². The number of nitrogens with zero attached hydrogens (tertiary/aromatic N) is 4. The highest BCUT2D eigenvalue weighted by Gasteiger charge is 2.33. The Morgan fingerprint density at radius 1 is 1.11 bits per heavy atom. The van der Waals surface area contributed by atoms with Crippen LogP contribution in [0.5, 0.6) is 0 Å². The van der Waals surface area contributed by atoms with Gasteiger partial charge in [-0.3, -0.25) is 4.90 Å². The van der Waals surface area contributed by atoms with E-state index in [9.17, 15) is 8.42 Å². The highest BCUT2D eigenvalue weighted by Crippen LogP contribution is 2.38. The fourth-order valence-corrected chi connectivity index (χ4v) is 4.94. The van der Waals surface area contributed by atoms with Crippen LogP contribution in [-0.2, 0) is 10.0 Å². The van der Waals surface area contributed by atoms with Crippen molar-refractivity contribution in [3.8, 4) is 0 Å². The summed E-state index contributed by atoms with van der Waals surface area (Å²) in [6.45, 7) is 8.18. The van der Waals surface area contributed by atoms with Crippen LogP contribution in [0.4, 0.5) is 0 Å². The SMILES string of the molecule is Cc1ccc(S(=O)(=O)N2CCN([C@@H](C)c3nc(C4CC4)no3)CC2)cc1C. The summed E-state index contributed by atoms with van der Waals surface area (Å²) in [6, 6.07) is 5.33. The summed E-state index contributed by atoms with van der Waals surface area (Å²) >= 11 is 0. The Morgan fingerprint density at radius 2 is 1.81 bits per heavy atom. The molecule has 4 rings (SSSR count). The molecule has 2 heterocycles. The Balaban J connectivity index is 1.42. The largest absolute Gasteiger partial charge is 0.338 e. The van der Waals surface area contributed by atoms with Crippen molar-refractivity contribution in [1.29, 1.82) is 0 Å². The molecule has 2 fully saturated rings. The highest BCUT2D eigenvalue weighted by molar-refractivity contribution is 7.89. The van der Waals surface area contributed by atoms with Gasteiger partial charge in [0.05, 0.1) is 10.9 Å². The number of hydrogen-bond acceptors (Lipinski definition) is 6. The average molecular weight is 391 g/mol. The van der Waals surface area contributed by atoms with Gasteiger partial charge in [-0.05, 0) is 56.9 Å². The van der Waals surface area contributed by atoms with Crippen LogP contribution in [-0.4, -0.2) is 53.9 Å². The lowest BCUT2D eigenvalue weighted by atomic mass is 10.1. The maximum absolute atomic E-state index is 12.9. The van der Waals surface area contributed by atoms with E-state index < -0.39 is 10.0 Å². The third-order valence-electron chi connectivity index (χ3n) is 5.69. The number of aromatic nitrogens is 2. The Hall–Kier alpha value is -1.77. The number of aryl methyl sites for hydroxylation is 2. The molecule has 1 atom stereocenters. The Morgan fingerprint density at radius 3 is 2.44 bits per heavy atom. The van der Waals surface area contributed by atoms with Gasteiger partial charge in [-0.1, -0.05) is 11.2 Å². The molecule has 0 unspecified atom stereocenters. The van der Waals surface area contributed by atoms with E-state index in [0.29, 0.717) is 42.9 Å². The second-order valence-corrected chi connectivity index (χ2v) is 9.57. The molecule has 1 aliphatic heterocycles. The summed E-state index contributed by atoms with van der Waals surface area (Å²) in [5.74, 6) is 1.91. The number of sulfonamides is 1. The minimum absolute atomic E-state index is 0.00327. The standard InChI is InChI=1S/C19H26N4O3S/c1-13-4-7-17(12-14(13)2)27(24,25)23-10-8-22(9-11-23)15(3)19-20-18(21-26-19)16-5-6-16/h4,7,12,15-16H,5-6,8-11H2,1-3H3/t15-/m0/s1. The van der Waals surface area contributed by atoms with Crippen molar-refractivity contribution in [2.24, 2.45) is 0 Å². The summed E-state index contributed by atoms with van der Waals surface area (Å²) in [5, 5.41) is 4.08. The molecule has 27 heavy (non-hydrogen) atoms.